The third-order valence-electron chi connectivity index (χ3n) is 5.05. The lowest BCUT2D eigenvalue weighted by molar-refractivity contribution is -0.0198. The lowest BCUT2D eigenvalue weighted by atomic mass is 9.90. The Morgan fingerprint density at radius 2 is 1.58 bits per heavy atom. The van der Waals surface area contributed by atoms with E-state index in [1.54, 1.807) is 0 Å². The molecule has 0 aliphatic carbocycles. The summed E-state index contributed by atoms with van der Waals surface area (Å²) in [6, 6.07) is 16.8. The summed E-state index contributed by atoms with van der Waals surface area (Å²) in [7, 11) is 0. The highest BCUT2D eigenvalue weighted by molar-refractivity contribution is 6.30. The van der Waals surface area contributed by atoms with Gasteiger partial charge in [-0.2, -0.15) is 0 Å². The lowest BCUT2D eigenvalue weighted by Crippen LogP contribution is -2.20. The molecular formula is C22H27ClO. The second kappa shape index (κ2) is 8.69. The molecule has 0 saturated carbocycles. The highest BCUT2D eigenvalue weighted by Crippen LogP contribution is 2.33. The molecule has 0 radical (unpaired) electrons. The van der Waals surface area contributed by atoms with Gasteiger partial charge in [-0.3, -0.25) is 0 Å². The van der Waals surface area contributed by atoms with Crippen LogP contribution in [0.15, 0.2) is 48.5 Å². The Balaban J connectivity index is 1.56. The minimum absolute atomic E-state index is 0.270. The average molecular weight is 343 g/mol. The molecule has 1 nitrogen and oxygen atoms in total. The molecule has 1 aliphatic rings. The topological polar surface area (TPSA) is 9.23 Å². The van der Waals surface area contributed by atoms with Gasteiger partial charge < -0.3 is 4.74 Å². The van der Waals surface area contributed by atoms with Gasteiger partial charge >= 0.3 is 0 Å². The Labute approximate surface area is 151 Å². The minimum Gasteiger partial charge on any atom is -0.373 e. The maximum atomic E-state index is 6.15. The second-order valence-corrected chi connectivity index (χ2v) is 7.33. The third kappa shape index (κ3) is 4.62. The quantitative estimate of drug-likeness (QED) is 0.511. The zero-order chi connectivity index (χ0) is 16.8. The molecule has 0 bridgehead atoms. The van der Waals surface area contributed by atoms with Crippen molar-refractivity contribution in [2.24, 2.45) is 5.92 Å². The van der Waals surface area contributed by atoms with Crippen LogP contribution < -0.4 is 0 Å². The minimum atomic E-state index is 0.270. The van der Waals surface area contributed by atoms with E-state index in [2.05, 4.69) is 43.3 Å². The SMILES string of the molecule is CCCCCC1CCC(c2ccc(-c3ccc(Cl)cc3)cc2)OC1. The van der Waals surface area contributed by atoms with E-state index in [9.17, 15) is 0 Å². The lowest BCUT2D eigenvalue weighted by Gasteiger charge is -2.29. The van der Waals surface area contributed by atoms with Crippen LogP contribution in [0.3, 0.4) is 0 Å². The van der Waals surface area contributed by atoms with E-state index in [-0.39, 0.29) is 6.10 Å². The van der Waals surface area contributed by atoms with E-state index in [0.29, 0.717) is 0 Å². The van der Waals surface area contributed by atoms with Crippen LogP contribution in [0.5, 0.6) is 0 Å². The first kappa shape index (κ1) is 17.5. The Hall–Kier alpha value is -1.31. The maximum absolute atomic E-state index is 6.15. The molecule has 1 aliphatic heterocycles. The molecule has 0 amide bonds. The average Bonchev–Trinajstić information content (AvgIpc) is 2.63. The molecule has 0 aromatic heterocycles. The predicted octanol–water partition coefficient (Wildman–Crippen LogP) is 7.06. The Morgan fingerprint density at radius 1 is 0.917 bits per heavy atom. The van der Waals surface area contributed by atoms with Crippen molar-refractivity contribution in [3.8, 4) is 11.1 Å². The summed E-state index contributed by atoms with van der Waals surface area (Å²) in [5, 5.41) is 0.777. The Morgan fingerprint density at radius 3 is 2.17 bits per heavy atom. The van der Waals surface area contributed by atoms with Crippen LogP contribution in [0.1, 0.15) is 57.1 Å². The van der Waals surface area contributed by atoms with Crippen LogP contribution in [0, 0.1) is 5.92 Å². The van der Waals surface area contributed by atoms with Crippen LogP contribution in [-0.2, 0) is 4.74 Å². The van der Waals surface area contributed by atoms with E-state index in [1.807, 2.05) is 12.1 Å². The van der Waals surface area contributed by atoms with Gasteiger partial charge in [0.15, 0.2) is 0 Å². The van der Waals surface area contributed by atoms with Crippen LogP contribution in [0.4, 0.5) is 0 Å². The number of hydrogen-bond acceptors (Lipinski definition) is 1. The van der Waals surface area contributed by atoms with Gasteiger partial charge in [0.05, 0.1) is 12.7 Å². The van der Waals surface area contributed by atoms with Crippen molar-refractivity contribution in [3.05, 3.63) is 59.1 Å². The standard InChI is InChI=1S/C22H27ClO/c1-2-3-4-5-17-6-15-22(24-16-17)20-9-7-18(8-10-20)19-11-13-21(23)14-12-19/h7-14,17,22H,2-6,15-16H2,1H3. The molecular weight excluding hydrogens is 316 g/mol. The molecule has 24 heavy (non-hydrogen) atoms. The zero-order valence-corrected chi connectivity index (χ0v) is 15.3. The van der Waals surface area contributed by atoms with Gasteiger partial charge in [0, 0.05) is 5.02 Å². The van der Waals surface area contributed by atoms with Gasteiger partial charge in [-0.1, -0.05) is 74.2 Å². The molecule has 2 unspecified atom stereocenters. The number of ether oxygens (including phenoxy) is 1. The van der Waals surface area contributed by atoms with Gasteiger partial charge in [-0.15, -0.1) is 0 Å². The fourth-order valence-corrected chi connectivity index (χ4v) is 3.64. The van der Waals surface area contributed by atoms with Crippen molar-refractivity contribution in [2.45, 2.75) is 51.6 Å². The highest BCUT2D eigenvalue weighted by Gasteiger charge is 2.22. The van der Waals surface area contributed by atoms with E-state index in [0.717, 1.165) is 24.0 Å². The van der Waals surface area contributed by atoms with E-state index >= 15 is 0 Å². The maximum Gasteiger partial charge on any atom is 0.0825 e. The van der Waals surface area contributed by atoms with Crippen LogP contribution in [0.2, 0.25) is 5.02 Å². The van der Waals surface area contributed by atoms with Gasteiger partial charge in [0.2, 0.25) is 0 Å². The summed E-state index contributed by atoms with van der Waals surface area (Å²) < 4.78 is 6.15. The number of rotatable bonds is 6. The summed E-state index contributed by atoms with van der Waals surface area (Å²) in [5.41, 5.74) is 3.73. The van der Waals surface area contributed by atoms with Crippen molar-refractivity contribution in [1.29, 1.82) is 0 Å². The van der Waals surface area contributed by atoms with Crippen molar-refractivity contribution in [1.82, 2.24) is 0 Å². The summed E-state index contributed by atoms with van der Waals surface area (Å²) in [6.07, 6.45) is 8.06. The fraction of sp³-hybridized carbons (Fsp3) is 0.455. The van der Waals surface area contributed by atoms with Gasteiger partial charge in [-0.05, 0) is 54.0 Å². The van der Waals surface area contributed by atoms with Crippen LogP contribution in [-0.4, -0.2) is 6.61 Å². The predicted molar refractivity (Wildman–Crippen MR) is 102 cm³/mol. The van der Waals surface area contributed by atoms with Crippen LogP contribution in [0.25, 0.3) is 11.1 Å². The molecule has 1 saturated heterocycles. The molecule has 2 aromatic carbocycles. The molecule has 0 N–H and O–H groups in total. The van der Waals surface area contributed by atoms with Crippen LogP contribution >= 0.6 is 11.6 Å². The second-order valence-electron chi connectivity index (χ2n) is 6.89. The summed E-state index contributed by atoms with van der Waals surface area (Å²) in [4.78, 5) is 0. The number of hydrogen-bond donors (Lipinski definition) is 0. The largest absolute Gasteiger partial charge is 0.373 e. The summed E-state index contributed by atoms with van der Waals surface area (Å²) in [5.74, 6) is 0.765. The van der Waals surface area contributed by atoms with E-state index in [4.69, 9.17) is 16.3 Å². The van der Waals surface area contributed by atoms with Crippen molar-refractivity contribution < 1.29 is 4.74 Å². The fourth-order valence-electron chi connectivity index (χ4n) is 3.51. The molecule has 2 aromatic rings. The van der Waals surface area contributed by atoms with Gasteiger partial charge in [-0.25, -0.2) is 0 Å². The molecule has 1 heterocycles. The first-order valence-corrected chi connectivity index (χ1v) is 9.61. The number of halogens is 1. The molecule has 2 atom stereocenters. The molecule has 1 fully saturated rings. The first-order chi connectivity index (χ1) is 11.8. The normalized spacial score (nSPS) is 20.9. The third-order valence-corrected chi connectivity index (χ3v) is 5.30. The first-order valence-electron chi connectivity index (χ1n) is 9.23. The van der Waals surface area contributed by atoms with Crippen molar-refractivity contribution in [3.63, 3.8) is 0 Å². The Kier molecular flexibility index (Phi) is 6.34. The van der Waals surface area contributed by atoms with E-state index < -0.39 is 0 Å². The number of unbranched alkanes of at least 4 members (excludes halogenated alkanes) is 2. The van der Waals surface area contributed by atoms with Gasteiger partial charge in [0.25, 0.3) is 0 Å². The van der Waals surface area contributed by atoms with Crippen molar-refractivity contribution >= 4 is 11.6 Å². The summed E-state index contributed by atoms with van der Waals surface area (Å²) >= 11 is 5.96. The van der Waals surface area contributed by atoms with E-state index in [1.165, 1.54) is 48.8 Å². The molecule has 0 spiro atoms. The molecule has 3 rings (SSSR count). The monoisotopic (exact) mass is 342 g/mol. The zero-order valence-electron chi connectivity index (χ0n) is 14.5. The van der Waals surface area contributed by atoms with Crippen molar-refractivity contribution in [2.75, 3.05) is 6.61 Å². The molecule has 2 heteroatoms. The highest BCUT2D eigenvalue weighted by atomic mass is 35.5. The number of benzene rings is 2. The molecule has 128 valence electrons. The summed E-state index contributed by atoms with van der Waals surface area (Å²) in [6.45, 7) is 3.19. The van der Waals surface area contributed by atoms with Gasteiger partial charge in [0.1, 0.15) is 0 Å². The Bertz CT molecular complexity index is 609. The smallest absolute Gasteiger partial charge is 0.0825 e.